The Bertz CT molecular complexity index is 788. The fraction of sp³-hybridized carbons (Fsp3) is 0.517. The number of benzene rings is 2. The van der Waals surface area contributed by atoms with Crippen LogP contribution in [0.2, 0.25) is 0 Å². The minimum absolute atomic E-state index is 0.552. The van der Waals surface area contributed by atoms with E-state index in [4.69, 9.17) is 4.74 Å². The van der Waals surface area contributed by atoms with Crippen molar-refractivity contribution in [3.05, 3.63) is 66.7 Å². The van der Waals surface area contributed by atoms with Crippen LogP contribution in [0.25, 0.3) is 11.1 Å². The lowest BCUT2D eigenvalue weighted by atomic mass is 9.63. The highest BCUT2D eigenvalue weighted by Gasteiger charge is 2.35. The van der Waals surface area contributed by atoms with E-state index < -0.39 is 0 Å². The van der Waals surface area contributed by atoms with Gasteiger partial charge in [0, 0.05) is 0 Å². The third-order valence-electron chi connectivity index (χ3n) is 7.63. The van der Waals surface area contributed by atoms with Gasteiger partial charge in [0.1, 0.15) is 12.4 Å². The molecule has 1 heteroatoms. The van der Waals surface area contributed by atoms with Gasteiger partial charge in [-0.2, -0.15) is 0 Å². The van der Waals surface area contributed by atoms with E-state index in [-0.39, 0.29) is 0 Å². The van der Waals surface area contributed by atoms with Crippen molar-refractivity contribution < 1.29 is 4.74 Å². The van der Waals surface area contributed by atoms with Crippen LogP contribution >= 0.6 is 0 Å². The third kappa shape index (κ3) is 5.17. The fourth-order valence-corrected chi connectivity index (χ4v) is 5.89. The second kappa shape index (κ2) is 10.3. The van der Waals surface area contributed by atoms with Crippen LogP contribution in [0.15, 0.2) is 61.2 Å². The van der Waals surface area contributed by atoms with Gasteiger partial charge in [-0.15, -0.1) is 0 Å². The van der Waals surface area contributed by atoms with Gasteiger partial charge in [0.05, 0.1) is 0 Å². The van der Waals surface area contributed by atoms with Gasteiger partial charge < -0.3 is 4.74 Å². The SMILES string of the molecule is C=CCOc1ccc(-c2ccc(C3CCC4CC(CCCC)CCC4C3)cc2)cc1. The summed E-state index contributed by atoms with van der Waals surface area (Å²) in [5.74, 6) is 4.68. The molecule has 0 heterocycles. The second-order valence-electron chi connectivity index (χ2n) is 9.60. The van der Waals surface area contributed by atoms with Crippen LogP contribution in [0.1, 0.15) is 76.2 Å². The van der Waals surface area contributed by atoms with E-state index in [1.54, 1.807) is 11.6 Å². The molecule has 0 spiro atoms. The van der Waals surface area contributed by atoms with Gasteiger partial charge in [0.2, 0.25) is 0 Å². The molecule has 2 aliphatic rings. The highest BCUT2D eigenvalue weighted by molar-refractivity contribution is 5.64. The molecule has 2 fully saturated rings. The van der Waals surface area contributed by atoms with E-state index >= 15 is 0 Å². The van der Waals surface area contributed by atoms with Gasteiger partial charge in [0.15, 0.2) is 0 Å². The Hall–Kier alpha value is -2.02. The van der Waals surface area contributed by atoms with Gasteiger partial charge >= 0.3 is 0 Å². The quantitative estimate of drug-likeness (QED) is 0.403. The van der Waals surface area contributed by atoms with Crippen molar-refractivity contribution in [2.45, 2.75) is 70.6 Å². The normalized spacial score (nSPS) is 26.0. The average Bonchev–Trinajstić information content (AvgIpc) is 2.81. The molecule has 30 heavy (non-hydrogen) atoms. The van der Waals surface area contributed by atoms with E-state index in [0.29, 0.717) is 6.61 Å². The van der Waals surface area contributed by atoms with E-state index in [9.17, 15) is 0 Å². The smallest absolute Gasteiger partial charge is 0.119 e. The van der Waals surface area contributed by atoms with Gasteiger partial charge in [-0.1, -0.05) is 81.7 Å². The first kappa shape index (κ1) is 21.2. The molecular formula is C29H38O. The topological polar surface area (TPSA) is 9.23 Å². The van der Waals surface area contributed by atoms with Crippen LogP contribution in [-0.4, -0.2) is 6.61 Å². The van der Waals surface area contributed by atoms with Gasteiger partial charge in [-0.25, -0.2) is 0 Å². The van der Waals surface area contributed by atoms with Crippen molar-refractivity contribution in [1.82, 2.24) is 0 Å². The molecule has 0 saturated heterocycles. The van der Waals surface area contributed by atoms with Crippen molar-refractivity contribution in [3.8, 4) is 16.9 Å². The molecule has 0 amide bonds. The van der Waals surface area contributed by atoms with Gasteiger partial charge in [-0.05, 0) is 84.6 Å². The van der Waals surface area contributed by atoms with Crippen LogP contribution in [0.4, 0.5) is 0 Å². The standard InChI is InChI=1S/C29H38O/c1-3-5-6-22-7-8-28-21-27(14-13-26(28)20-22)25-11-9-23(10-12-25)24-15-17-29(18-16-24)30-19-4-2/h4,9-12,15-18,22,26-28H,2-3,5-8,13-14,19-21H2,1H3. The zero-order chi connectivity index (χ0) is 20.8. The maximum Gasteiger partial charge on any atom is 0.119 e. The number of unbranched alkanes of at least 4 members (excludes halogenated alkanes) is 1. The van der Waals surface area contributed by atoms with Crippen LogP contribution in [0.3, 0.4) is 0 Å². The summed E-state index contributed by atoms with van der Waals surface area (Å²) >= 11 is 0. The van der Waals surface area contributed by atoms with E-state index in [1.165, 1.54) is 68.9 Å². The Morgan fingerprint density at radius 2 is 1.53 bits per heavy atom. The fourth-order valence-electron chi connectivity index (χ4n) is 5.89. The lowest BCUT2D eigenvalue weighted by molar-refractivity contribution is 0.113. The average molecular weight is 403 g/mol. The maximum atomic E-state index is 5.60. The summed E-state index contributed by atoms with van der Waals surface area (Å²) in [6.45, 7) is 6.58. The number of ether oxygens (including phenoxy) is 1. The summed E-state index contributed by atoms with van der Waals surface area (Å²) in [5.41, 5.74) is 4.09. The molecule has 2 aliphatic carbocycles. The lowest BCUT2D eigenvalue weighted by Gasteiger charge is -2.42. The Balaban J connectivity index is 1.34. The molecule has 1 nitrogen and oxygen atoms in total. The molecule has 2 aromatic rings. The van der Waals surface area contributed by atoms with Crippen LogP contribution in [0.5, 0.6) is 5.75 Å². The zero-order valence-electron chi connectivity index (χ0n) is 18.7. The van der Waals surface area contributed by atoms with E-state index in [0.717, 1.165) is 29.4 Å². The van der Waals surface area contributed by atoms with Gasteiger partial charge in [0.25, 0.3) is 0 Å². The summed E-state index contributed by atoms with van der Waals surface area (Å²) in [4.78, 5) is 0. The first-order valence-electron chi connectivity index (χ1n) is 12.2. The maximum absolute atomic E-state index is 5.60. The first-order chi connectivity index (χ1) is 14.8. The molecule has 4 atom stereocenters. The molecule has 4 rings (SSSR count). The van der Waals surface area contributed by atoms with Crippen molar-refractivity contribution in [2.24, 2.45) is 17.8 Å². The number of hydrogen-bond acceptors (Lipinski definition) is 1. The molecule has 0 N–H and O–H groups in total. The molecular weight excluding hydrogens is 364 g/mol. The molecule has 2 saturated carbocycles. The third-order valence-corrected chi connectivity index (χ3v) is 7.63. The highest BCUT2D eigenvalue weighted by Crippen LogP contribution is 2.48. The van der Waals surface area contributed by atoms with Crippen molar-refractivity contribution in [1.29, 1.82) is 0 Å². The Kier molecular flexibility index (Phi) is 7.31. The van der Waals surface area contributed by atoms with Crippen molar-refractivity contribution in [2.75, 3.05) is 6.61 Å². The molecule has 2 aromatic carbocycles. The van der Waals surface area contributed by atoms with E-state index in [1.807, 2.05) is 12.1 Å². The summed E-state index contributed by atoms with van der Waals surface area (Å²) in [7, 11) is 0. The number of rotatable bonds is 8. The Morgan fingerprint density at radius 3 is 2.23 bits per heavy atom. The highest BCUT2D eigenvalue weighted by atomic mass is 16.5. The van der Waals surface area contributed by atoms with Crippen molar-refractivity contribution >= 4 is 0 Å². The molecule has 0 radical (unpaired) electrons. The molecule has 160 valence electrons. The minimum Gasteiger partial charge on any atom is -0.490 e. The Morgan fingerprint density at radius 1 is 0.867 bits per heavy atom. The predicted octanol–water partition coefficient (Wildman–Crippen LogP) is 8.41. The van der Waals surface area contributed by atoms with Gasteiger partial charge in [-0.3, -0.25) is 0 Å². The van der Waals surface area contributed by atoms with E-state index in [2.05, 4.69) is 49.9 Å². The lowest BCUT2D eigenvalue weighted by Crippen LogP contribution is -2.30. The summed E-state index contributed by atoms with van der Waals surface area (Å²) in [6.07, 6.45) is 14.8. The second-order valence-corrected chi connectivity index (χ2v) is 9.60. The molecule has 4 unspecified atom stereocenters. The largest absolute Gasteiger partial charge is 0.490 e. The van der Waals surface area contributed by atoms with Crippen LogP contribution in [0, 0.1) is 17.8 Å². The number of fused-ring (bicyclic) bond motifs is 1. The molecule has 0 aromatic heterocycles. The van der Waals surface area contributed by atoms with Crippen molar-refractivity contribution in [3.63, 3.8) is 0 Å². The first-order valence-corrected chi connectivity index (χ1v) is 12.2. The monoisotopic (exact) mass is 402 g/mol. The Labute approximate surface area is 183 Å². The minimum atomic E-state index is 0.552. The zero-order valence-corrected chi connectivity index (χ0v) is 18.7. The number of hydrogen-bond donors (Lipinski definition) is 0. The van der Waals surface area contributed by atoms with Crippen LogP contribution < -0.4 is 4.74 Å². The summed E-state index contributed by atoms with van der Waals surface area (Å²) < 4.78 is 5.60. The molecule has 0 aliphatic heterocycles. The summed E-state index contributed by atoms with van der Waals surface area (Å²) in [6, 6.07) is 17.8. The predicted molar refractivity (Wildman–Crippen MR) is 128 cm³/mol. The molecule has 0 bridgehead atoms. The van der Waals surface area contributed by atoms with Crippen LogP contribution in [-0.2, 0) is 0 Å². The summed E-state index contributed by atoms with van der Waals surface area (Å²) in [5, 5.41) is 0.